The molecule has 3 aromatic carbocycles. The summed E-state index contributed by atoms with van der Waals surface area (Å²) >= 11 is 0. The Morgan fingerprint density at radius 2 is 1.71 bits per heavy atom. The van der Waals surface area contributed by atoms with Crippen molar-refractivity contribution < 1.29 is 14.4 Å². The molecule has 4 amide bonds. The number of urea groups is 1. The van der Waals surface area contributed by atoms with Crippen LogP contribution in [0.3, 0.4) is 0 Å². The Bertz CT molecular complexity index is 1540. The lowest BCUT2D eigenvalue weighted by Gasteiger charge is -2.42. The van der Waals surface area contributed by atoms with E-state index in [0.717, 1.165) is 46.9 Å². The van der Waals surface area contributed by atoms with Crippen LogP contribution in [0.5, 0.6) is 0 Å². The van der Waals surface area contributed by atoms with Gasteiger partial charge in [-0.3, -0.25) is 14.6 Å². The summed E-state index contributed by atoms with van der Waals surface area (Å²) in [5, 5.41) is 4.95. The summed E-state index contributed by atoms with van der Waals surface area (Å²) in [6.45, 7) is 1.57. The fourth-order valence-electron chi connectivity index (χ4n) is 7.07. The van der Waals surface area contributed by atoms with Crippen molar-refractivity contribution >= 4 is 34.6 Å². The summed E-state index contributed by atoms with van der Waals surface area (Å²) in [4.78, 5) is 48.1. The molecule has 2 fully saturated rings. The number of aryl methyl sites for hydroxylation is 1. The minimum absolute atomic E-state index is 0.0103. The van der Waals surface area contributed by atoms with Crippen molar-refractivity contribution in [1.29, 1.82) is 0 Å². The van der Waals surface area contributed by atoms with Crippen LogP contribution in [0.15, 0.2) is 71.7 Å². The maximum atomic E-state index is 14.2. The van der Waals surface area contributed by atoms with Gasteiger partial charge in [0.2, 0.25) is 5.91 Å². The van der Waals surface area contributed by atoms with Gasteiger partial charge in [-0.2, -0.15) is 0 Å². The molecule has 2 heterocycles. The number of benzene rings is 3. The molecule has 6 rings (SSSR count). The molecule has 0 saturated carbocycles. The Kier molecular flexibility index (Phi) is 7.58. The van der Waals surface area contributed by atoms with Gasteiger partial charge in [-0.05, 0) is 71.4 Å². The largest absolute Gasteiger partial charge is 0.370 e. The minimum atomic E-state index is -0.925. The van der Waals surface area contributed by atoms with Crippen molar-refractivity contribution in [3.8, 4) is 0 Å². The van der Waals surface area contributed by atoms with Gasteiger partial charge in [0.25, 0.3) is 5.91 Å². The van der Waals surface area contributed by atoms with E-state index < -0.39 is 18.1 Å². The number of nitrogens with one attached hydrogen (secondary N) is 1. The molecule has 5 N–H and O–H groups in total. The molecule has 3 aliphatic rings. The Labute approximate surface area is 245 Å². The quantitative estimate of drug-likeness (QED) is 0.167. The number of hydrogen-bond acceptors (Lipinski definition) is 4. The van der Waals surface area contributed by atoms with Gasteiger partial charge in [0.1, 0.15) is 12.1 Å². The number of nitrogens with zero attached hydrogens (tertiary/aromatic N) is 3. The van der Waals surface area contributed by atoms with Crippen LogP contribution >= 0.6 is 0 Å². The number of fused-ring (bicyclic) bond motifs is 3. The third kappa shape index (κ3) is 5.31. The minimum Gasteiger partial charge on any atom is -0.370 e. The predicted octanol–water partition coefficient (Wildman–Crippen LogP) is 3.23. The number of nitrogens with two attached hydrogens (primary N) is 2. The van der Waals surface area contributed by atoms with Gasteiger partial charge in [0.15, 0.2) is 5.96 Å². The van der Waals surface area contributed by atoms with E-state index in [1.165, 1.54) is 11.1 Å². The Morgan fingerprint density at radius 1 is 0.976 bits per heavy atom. The standard InChI is InChI=1S/C33H38N6O3/c34-31(35)36-17-5-10-27-29(40)39(32(42)37-27)28(21-22-11-12-23-6-1-2-8-25(23)20-22)30(41)38-18-15-33(16-19-38)14-13-24-7-3-4-9-26(24)33/h1-4,6-9,11-12,20,27-28H,5,10,13-19,21H2,(H,37,42)(H4,34,35,36)/t27-,28-/m1/s1. The molecular weight excluding hydrogens is 528 g/mol. The van der Waals surface area contributed by atoms with Crippen LogP contribution in [0, 0.1) is 0 Å². The molecule has 3 aromatic rings. The van der Waals surface area contributed by atoms with Gasteiger partial charge in [-0.25, -0.2) is 9.69 Å². The number of likely N-dealkylation sites (tertiary alicyclic amines) is 1. The van der Waals surface area contributed by atoms with Gasteiger partial charge in [-0.15, -0.1) is 0 Å². The third-order valence-electron chi connectivity index (χ3n) is 9.33. The lowest BCUT2D eigenvalue weighted by atomic mass is 9.73. The maximum Gasteiger partial charge on any atom is 0.325 e. The van der Waals surface area contributed by atoms with Crippen molar-refractivity contribution in [3.63, 3.8) is 0 Å². The number of rotatable bonds is 8. The molecule has 0 aromatic heterocycles. The molecule has 42 heavy (non-hydrogen) atoms. The van der Waals surface area contributed by atoms with Crippen molar-refractivity contribution in [3.05, 3.63) is 83.4 Å². The summed E-state index contributed by atoms with van der Waals surface area (Å²) in [5.41, 5.74) is 14.7. The molecule has 2 aliphatic heterocycles. The van der Waals surface area contributed by atoms with Crippen molar-refractivity contribution in [2.75, 3.05) is 19.6 Å². The second-order valence-corrected chi connectivity index (χ2v) is 11.8. The summed E-state index contributed by atoms with van der Waals surface area (Å²) in [5.74, 6) is -0.556. The average Bonchev–Trinajstić information content (AvgIpc) is 3.49. The second-order valence-electron chi connectivity index (χ2n) is 11.8. The van der Waals surface area contributed by atoms with Crippen molar-refractivity contribution in [2.24, 2.45) is 16.5 Å². The number of carbonyl (C=O) groups is 3. The van der Waals surface area contributed by atoms with Gasteiger partial charge >= 0.3 is 6.03 Å². The van der Waals surface area contributed by atoms with E-state index in [9.17, 15) is 14.4 Å². The molecule has 1 spiro atoms. The first kappa shape index (κ1) is 27.8. The van der Waals surface area contributed by atoms with Gasteiger partial charge < -0.3 is 21.7 Å². The van der Waals surface area contributed by atoms with E-state index in [1.807, 2.05) is 47.4 Å². The van der Waals surface area contributed by atoms with E-state index in [0.29, 0.717) is 32.5 Å². The highest BCUT2D eigenvalue weighted by molar-refractivity contribution is 6.07. The molecule has 2 atom stereocenters. The zero-order valence-electron chi connectivity index (χ0n) is 23.8. The van der Waals surface area contributed by atoms with E-state index >= 15 is 0 Å². The van der Waals surface area contributed by atoms with Crippen LogP contribution < -0.4 is 16.8 Å². The highest BCUT2D eigenvalue weighted by atomic mass is 16.2. The monoisotopic (exact) mass is 566 g/mol. The molecule has 0 unspecified atom stereocenters. The van der Waals surface area contributed by atoms with Crippen LogP contribution in [0.25, 0.3) is 10.8 Å². The number of hydrogen-bond donors (Lipinski definition) is 3. The van der Waals surface area contributed by atoms with Crippen LogP contribution in [0.1, 0.15) is 48.8 Å². The number of guanidine groups is 1. The predicted molar refractivity (Wildman–Crippen MR) is 163 cm³/mol. The Balaban J connectivity index is 1.23. The first-order valence-corrected chi connectivity index (χ1v) is 14.9. The molecule has 2 saturated heterocycles. The topological polar surface area (TPSA) is 134 Å². The SMILES string of the molecule is NC(N)=NCCC[C@H]1NC(=O)N([C@H](Cc2ccc3ccccc3c2)C(=O)N2CCC3(CCc4ccccc43)CC2)C1=O. The molecule has 0 bridgehead atoms. The molecule has 9 nitrogen and oxygen atoms in total. The number of aliphatic imine (C=N–C) groups is 1. The molecule has 1 aliphatic carbocycles. The highest BCUT2D eigenvalue weighted by Gasteiger charge is 2.47. The van der Waals surface area contributed by atoms with Crippen LogP contribution in [0.4, 0.5) is 4.79 Å². The lowest BCUT2D eigenvalue weighted by molar-refractivity contribution is -0.143. The first-order valence-electron chi connectivity index (χ1n) is 14.9. The number of piperidine rings is 1. The van der Waals surface area contributed by atoms with Crippen LogP contribution in [-0.4, -0.2) is 65.3 Å². The summed E-state index contributed by atoms with van der Waals surface area (Å²) in [7, 11) is 0. The normalized spacial score (nSPS) is 20.0. The molecule has 218 valence electrons. The van der Waals surface area contributed by atoms with Crippen molar-refractivity contribution in [1.82, 2.24) is 15.1 Å². The average molecular weight is 567 g/mol. The molecule has 9 heteroatoms. The highest BCUT2D eigenvalue weighted by Crippen LogP contribution is 2.46. The first-order chi connectivity index (χ1) is 20.3. The molecule has 0 radical (unpaired) electrons. The van der Waals surface area contributed by atoms with Crippen LogP contribution in [-0.2, 0) is 27.8 Å². The lowest BCUT2D eigenvalue weighted by Crippen LogP contribution is -2.55. The van der Waals surface area contributed by atoms with E-state index in [1.54, 1.807) is 0 Å². The summed E-state index contributed by atoms with van der Waals surface area (Å²) in [6.07, 6.45) is 5.11. The van der Waals surface area contributed by atoms with Gasteiger partial charge in [0, 0.05) is 26.1 Å². The number of imide groups is 1. The zero-order valence-corrected chi connectivity index (χ0v) is 23.8. The van der Waals surface area contributed by atoms with E-state index in [4.69, 9.17) is 11.5 Å². The second kappa shape index (κ2) is 11.5. The smallest absolute Gasteiger partial charge is 0.325 e. The number of amides is 4. The zero-order chi connectivity index (χ0) is 29.3. The van der Waals surface area contributed by atoms with Crippen LogP contribution in [0.2, 0.25) is 0 Å². The Hall–Kier alpha value is -4.40. The molecular formula is C33H38N6O3. The fraction of sp³-hybridized carbons (Fsp3) is 0.394. The summed E-state index contributed by atoms with van der Waals surface area (Å²) < 4.78 is 0. The van der Waals surface area contributed by atoms with Gasteiger partial charge in [-0.1, -0.05) is 66.7 Å². The van der Waals surface area contributed by atoms with E-state index in [-0.39, 0.29) is 29.6 Å². The van der Waals surface area contributed by atoms with Gasteiger partial charge in [0.05, 0.1) is 0 Å². The van der Waals surface area contributed by atoms with E-state index in [2.05, 4.69) is 34.6 Å². The summed E-state index contributed by atoms with van der Waals surface area (Å²) in [6, 6.07) is 20.6. The number of carbonyl (C=O) groups excluding carboxylic acids is 3. The maximum absolute atomic E-state index is 14.2. The van der Waals surface area contributed by atoms with Crippen molar-refractivity contribution in [2.45, 2.75) is 62.4 Å². The Morgan fingerprint density at radius 3 is 2.50 bits per heavy atom. The fourth-order valence-corrected chi connectivity index (χ4v) is 7.07. The third-order valence-corrected chi connectivity index (χ3v) is 9.33.